The molecule has 2 heterocycles. The summed E-state index contributed by atoms with van der Waals surface area (Å²) >= 11 is 0. The van der Waals surface area contributed by atoms with Crippen LogP contribution in [0.25, 0.3) is 0 Å². The van der Waals surface area contributed by atoms with Gasteiger partial charge >= 0.3 is 0 Å². The van der Waals surface area contributed by atoms with Crippen LogP contribution in [0, 0.1) is 0 Å². The van der Waals surface area contributed by atoms with Crippen molar-refractivity contribution in [3.05, 3.63) is 12.2 Å². The van der Waals surface area contributed by atoms with Gasteiger partial charge in [0, 0.05) is 6.42 Å². The van der Waals surface area contributed by atoms with Crippen LogP contribution in [0.4, 0.5) is 0 Å². The largest absolute Gasteiger partial charge is 0.394 e. The number of hydrogen-bond acceptors (Lipinski definition) is 13. The van der Waals surface area contributed by atoms with Gasteiger partial charge in [0.25, 0.3) is 0 Å². The summed E-state index contributed by atoms with van der Waals surface area (Å²) in [6, 6.07) is -0.912. The van der Waals surface area contributed by atoms with E-state index in [-0.39, 0.29) is 18.9 Å². The Hall–Kier alpha value is -1.27. The minimum Gasteiger partial charge on any atom is -0.394 e. The Labute approximate surface area is 584 Å². The Bertz CT molecular complexity index is 1640. The lowest BCUT2D eigenvalue weighted by Crippen LogP contribution is -2.65. The van der Waals surface area contributed by atoms with E-state index in [2.05, 4.69) is 19.2 Å². The van der Waals surface area contributed by atoms with Gasteiger partial charge in [-0.1, -0.05) is 392 Å². The highest BCUT2D eigenvalue weighted by Gasteiger charge is 2.51. The smallest absolute Gasteiger partial charge is 0.220 e. The van der Waals surface area contributed by atoms with Crippen molar-refractivity contribution in [2.75, 3.05) is 19.8 Å². The highest BCUT2D eigenvalue weighted by Crippen LogP contribution is 2.30. The number of carbonyl (C=O) groups excluding carboxylic acids is 1. The van der Waals surface area contributed by atoms with E-state index in [1.807, 2.05) is 6.08 Å². The molecule has 0 aromatic rings. The molecule has 2 rings (SSSR count). The Kier molecular flexibility index (Phi) is 62.4. The van der Waals surface area contributed by atoms with Crippen LogP contribution in [0.5, 0.6) is 0 Å². The van der Waals surface area contributed by atoms with Gasteiger partial charge in [0.15, 0.2) is 12.6 Å². The summed E-state index contributed by atoms with van der Waals surface area (Å²) < 4.78 is 22.9. The third-order valence-corrected chi connectivity index (χ3v) is 20.7. The first kappa shape index (κ1) is 89.8. The minimum absolute atomic E-state index is 0.229. The van der Waals surface area contributed by atoms with Gasteiger partial charge in [0.1, 0.15) is 48.8 Å². The van der Waals surface area contributed by atoms with Gasteiger partial charge in [0.05, 0.1) is 32.0 Å². The fraction of sp³-hybridized carbons (Fsp3) is 0.963. The number of hydrogen-bond donors (Lipinski definition) is 9. The molecule has 9 N–H and O–H groups in total. The van der Waals surface area contributed by atoms with Crippen LogP contribution in [0.1, 0.15) is 406 Å². The summed E-state index contributed by atoms with van der Waals surface area (Å²) in [6.45, 7) is 2.88. The molecule has 0 spiro atoms. The van der Waals surface area contributed by atoms with Crippen LogP contribution in [0.15, 0.2) is 12.2 Å². The highest BCUT2D eigenvalue weighted by atomic mass is 16.7. The molecule has 564 valence electrons. The minimum atomic E-state index is -1.79. The van der Waals surface area contributed by atoms with Crippen LogP contribution < -0.4 is 5.32 Å². The maximum absolute atomic E-state index is 13.4. The van der Waals surface area contributed by atoms with Gasteiger partial charge in [-0.3, -0.25) is 4.79 Å². The van der Waals surface area contributed by atoms with Gasteiger partial charge in [-0.15, -0.1) is 0 Å². The van der Waals surface area contributed by atoms with Gasteiger partial charge in [-0.05, 0) is 19.3 Å². The number of amides is 1. The van der Waals surface area contributed by atoms with Crippen molar-refractivity contribution in [3.63, 3.8) is 0 Å². The first-order chi connectivity index (χ1) is 46.6. The molecule has 12 atom stereocenters. The van der Waals surface area contributed by atoms with Crippen LogP contribution in [-0.2, 0) is 23.7 Å². The quantitative estimate of drug-likeness (QED) is 0.0204. The molecule has 2 fully saturated rings. The van der Waals surface area contributed by atoms with Crippen LogP contribution >= 0.6 is 0 Å². The summed E-state index contributed by atoms with van der Waals surface area (Å²) in [5, 5.41) is 87.6. The molecule has 0 aromatic carbocycles. The second-order valence-electron chi connectivity index (χ2n) is 29.6. The zero-order valence-electron chi connectivity index (χ0n) is 62.0. The second kappa shape index (κ2) is 66.0. The number of ether oxygens (including phenoxy) is 4. The summed E-state index contributed by atoms with van der Waals surface area (Å²) in [5.74, 6) is -0.229. The van der Waals surface area contributed by atoms with E-state index in [1.165, 1.54) is 340 Å². The average Bonchev–Trinajstić information content (AvgIpc) is 0.927. The van der Waals surface area contributed by atoms with E-state index in [1.54, 1.807) is 6.08 Å². The Morgan fingerprint density at radius 3 is 0.968 bits per heavy atom. The van der Waals surface area contributed by atoms with E-state index in [4.69, 9.17) is 18.9 Å². The molecule has 0 aliphatic carbocycles. The standard InChI is InChI=1S/C81H157NO13/c1-3-5-7-9-11-13-15-17-19-21-23-25-26-27-28-29-30-31-32-33-34-35-36-37-38-39-40-41-42-43-45-47-49-51-53-55-57-59-61-63-65-73(86)82-69(70(85)64-62-60-58-56-54-52-50-48-46-44-24-22-20-18-16-14-12-10-8-6-4-2)68-92-80-78(91)76(89)79(72(67-84)94-80)95-81-77(90)75(88)74(87)71(66-83)93-81/h62,64,69-72,74-81,83-85,87-91H,3-61,63,65-68H2,1-2H3,(H,82,86)/b64-62+. The van der Waals surface area contributed by atoms with E-state index in [9.17, 15) is 45.6 Å². The van der Waals surface area contributed by atoms with Gasteiger partial charge in [-0.25, -0.2) is 0 Å². The predicted molar refractivity (Wildman–Crippen MR) is 392 cm³/mol. The molecule has 1 amide bonds. The summed E-state index contributed by atoms with van der Waals surface area (Å²) in [7, 11) is 0. The molecule has 0 saturated carbocycles. The van der Waals surface area contributed by atoms with E-state index >= 15 is 0 Å². The van der Waals surface area contributed by atoms with Crippen LogP contribution in [0.3, 0.4) is 0 Å². The van der Waals surface area contributed by atoms with Crippen molar-refractivity contribution >= 4 is 5.91 Å². The maximum atomic E-state index is 13.4. The number of nitrogens with one attached hydrogen (secondary N) is 1. The van der Waals surface area contributed by atoms with Crippen LogP contribution in [-0.4, -0.2) is 140 Å². The lowest BCUT2D eigenvalue weighted by molar-refractivity contribution is -0.359. The molecule has 2 aliphatic rings. The van der Waals surface area contributed by atoms with Crippen molar-refractivity contribution in [2.24, 2.45) is 0 Å². The molecule has 0 bridgehead atoms. The van der Waals surface area contributed by atoms with Gasteiger partial charge < -0.3 is 65.1 Å². The van der Waals surface area contributed by atoms with Crippen molar-refractivity contribution in [2.45, 2.75) is 479 Å². The molecule has 0 radical (unpaired) electrons. The number of aliphatic hydroxyl groups excluding tert-OH is 8. The molecule has 0 aromatic heterocycles. The summed E-state index contributed by atoms with van der Waals surface area (Å²) in [5.41, 5.74) is 0. The Morgan fingerprint density at radius 1 is 0.368 bits per heavy atom. The van der Waals surface area contributed by atoms with Crippen LogP contribution in [0.2, 0.25) is 0 Å². The van der Waals surface area contributed by atoms with Gasteiger partial charge in [0.2, 0.25) is 5.91 Å². The first-order valence-electron chi connectivity index (χ1n) is 41.4. The topological polar surface area (TPSA) is 228 Å². The number of aliphatic hydroxyl groups is 8. The van der Waals surface area contributed by atoms with E-state index < -0.39 is 86.8 Å². The lowest BCUT2D eigenvalue weighted by atomic mass is 9.97. The maximum Gasteiger partial charge on any atom is 0.220 e. The highest BCUT2D eigenvalue weighted by molar-refractivity contribution is 5.76. The molecule has 12 unspecified atom stereocenters. The normalized spacial score (nSPS) is 22.3. The number of carbonyl (C=O) groups is 1. The lowest BCUT2D eigenvalue weighted by Gasteiger charge is -2.46. The Morgan fingerprint density at radius 2 is 0.653 bits per heavy atom. The second-order valence-corrected chi connectivity index (χ2v) is 29.6. The molecule has 95 heavy (non-hydrogen) atoms. The SMILES string of the molecule is CCCCCCCCCCCCCCCCCCCCC/C=C/C(O)C(COC1OC(CO)C(OC2OC(CO)C(O)C(O)C2O)C(O)C1O)NC(=O)CCCCCCCCCCCCCCCCCCCCCCCCCCCCCCCCCCCCCCCCCC. The zero-order valence-corrected chi connectivity index (χ0v) is 62.0. The first-order valence-corrected chi connectivity index (χ1v) is 41.4. The fourth-order valence-corrected chi connectivity index (χ4v) is 14.2. The molecule has 2 aliphatic heterocycles. The third kappa shape index (κ3) is 49.1. The van der Waals surface area contributed by atoms with Crippen molar-refractivity contribution in [3.8, 4) is 0 Å². The summed E-state index contributed by atoms with van der Waals surface area (Å²) in [4.78, 5) is 13.4. The summed E-state index contributed by atoms with van der Waals surface area (Å²) in [6.07, 6.45) is 67.5. The predicted octanol–water partition coefficient (Wildman–Crippen LogP) is 18.9. The fourth-order valence-electron chi connectivity index (χ4n) is 14.2. The van der Waals surface area contributed by atoms with Crippen molar-refractivity contribution in [1.29, 1.82) is 0 Å². The molecule has 14 nitrogen and oxygen atoms in total. The van der Waals surface area contributed by atoms with Crippen molar-refractivity contribution in [1.82, 2.24) is 5.32 Å². The average molecular weight is 1350 g/mol. The number of allylic oxidation sites excluding steroid dienone is 1. The number of unbranched alkanes of at least 4 members (excludes halogenated alkanes) is 58. The van der Waals surface area contributed by atoms with E-state index in [0.717, 1.165) is 44.9 Å². The Balaban J connectivity index is 1.55. The zero-order chi connectivity index (χ0) is 68.7. The molecular weight excluding hydrogens is 1190 g/mol. The molecular formula is C81H157NO13. The third-order valence-electron chi connectivity index (χ3n) is 20.7. The monoisotopic (exact) mass is 1350 g/mol. The number of rotatable bonds is 71. The molecule has 14 heteroatoms. The van der Waals surface area contributed by atoms with Crippen molar-refractivity contribution < 1.29 is 64.6 Å². The van der Waals surface area contributed by atoms with E-state index in [0.29, 0.717) is 0 Å². The molecule has 2 saturated heterocycles. The van der Waals surface area contributed by atoms with Gasteiger partial charge in [-0.2, -0.15) is 0 Å².